The number of rotatable bonds is 12. The van der Waals surface area contributed by atoms with Crippen molar-refractivity contribution < 1.29 is 27.3 Å². The summed E-state index contributed by atoms with van der Waals surface area (Å²) in [6.45, 7) is 10.6. The van der Waals surface area contributed by atoms with Gasteiger partial charge < -0.3 is 22.7 Å². The molecule has 6 nitrogen and oxygen atoms in total. The average molecular weight is 328 g/mol. The maximum Gasteiger partial charge on any atom is 0.501 e. The fraction of sp³-hybridized carbons (Fsp3) is 1.00. The monoisotopic (exact) mass is 328 g/mol. The molecule has 0 bridgehead atoms. The van der Waals surface area contributed by atoms with Crippen molar-refractivity contribution >= 4 is 16.4 Å². The summed E-state index contributed by atoms with van der Waals surface area (Å²) in [7, 11) is -6.52. The second-order valence-corrected chi connectivity index (χ2v) is 9.08. The Bertz CT molecular complexity index is 285. The van der Waals surface area contributed by atoms with Crippen LogP contribution >= 0.6 is 7.60 Å². The maximum atomic E-state index is 12.0. The van der Waals surface area contributed by atoms with E-state index < -0.39 is 16.4 Å². The highest BCUT2D eigenvalue weighted by Gasteiger charge is 2.42. The Labute approximate surface area is 123 Å². The van der Waals surface area contributed by atoms with Gasteiger partial charge in [-0.3, -0.25) is 4.57 Å². The lowest BCUT2D eigenvalue weighted by molar-refractivity contribution is 0.0719. The van der Waals surface area contributed by atoms with E-state index in [9.17, 15) is 9.46 Å². The minimum Gasteiger partial charge on any atom is -0.374 e. The minimum absolute atomic E-state index is 0.0104. The molecule has 1 N–H and O–H groups in total. The lowest BCUT2D eigenvalue weighted by atomic mass is 10.3. The van der Waals surface area contributed by atoms with Gasteiger partial charge >= 0.3 is 16.4 Å². The first-order valence-electron chi connectivity index (χ1n) is 7.26. The van der Waals surface area contributed by atoms with Crippen molar-refractivity contribution in [3.63, 3.8) is 0 Å². The van der Waals surface area contributed by atoms with E-state index in [1.165, 1.54) is 0 Å². The molecule has 0 amide bonds. The van der Waals surface area contributed by atoms with Gasteiger partial charge in [0.15, 0.2) is 0 Å². The molecule has 0 saturated carbocycles. The fourth-order valence-corrected chi connectivity index (χ4v) is 6.73. The van der Waals surface area contributed by atoms with Crippen LogP contribution in [0.25, 0.3) is 0 Å². The molecule has 0 aliphatic rings. The Balaban J connectivity index is 4.68. The zero-order valence-corrected chi connectivity index (χ0v) is 15.2. The van der Waals surface area contributed by atoms with Crippen molar-refractivity contribution in [2.75, 3.05) is 26.0 Å². The van der Waals surface area contributed by atoms with Crippen LogP contribution in [0.4, 0.5) is 0 Å². The molecule has 2 atom stereocenters. The molecular weight excluding hydrogens is 299 g/mol. The van der Waals surface area contributed by atoms with E-state index in [4.69, 9.17) is 17.8 Å². The summed E-state index contributed by atoms with van der Waals surface area (Å²) in [6.07, 6.45) is 0.437. The van der Waals surface area contributed by atoms with Gasteiger partial charge in [-0.1, -0.05) is 6.92 Å². The largest absolute Gasteiger partial charge is 0.501 e. The number of hydrogen-bond donors (Lipinski definition) is 1. The summed E-state index contributed by atoms with van der Waals surface area (Å²) in [5.74, 6) is 0. The Hall–Kier alpha value is 0.247. The van der Waals surface area contributed by atoms with Crippen LogP contribution < -0.4 is 0 Å². The third-order valence-electron chi connectivity index (χ3n) is 2.71. The highest BCUT2D eigenvalue weighted by atomic mass is 31.2. The molecule has 0 aliphatic carbocycles. The Kier molecular flexibility index (Phi) is 10.2. The summed E-state index contributed by atoms with van der Waals surface area (Å²) < 4.78 is 34.1. The molecule has 8 heteroatoms. The first-order valence-corrected chi connectivity index (χ1v) is 11.0. The van der Waals surface area contributed by atoms with Gasteiger partial charge in [-0.05, 0) is 34.1 Å². The standard InChI is InChI=1S/C12H29O6PSi/c1-6-12(5)18-19(13,14)10-11-20(15-7-2,16-8-3)17-9-4/h12H,6-11H2,1-5H3,(H,13,14). The smallest absolute Gasteiger partial charge is 0.374 e. The van der Waals surface area contributed by atoms with Crippen molar-refractivity contribution in [1.29, 1.82) is 0 Å². The molecule has 0 aromatic rings. The van der Waals surface area contributed by atoms with Gasteiger partial charge in [-0.2, -0.15) is 0 Å². The topological polar surface area (TPSA) is 74.2 Å². The molecule has 122 valence electrons. The molecule has 20 heavy (non-hydrogen) atoms. The van der Waals surface area contributed by atoms with Crippen LogP contribution in [0.2, 0.25) is 6.04 Å². The SMILES string of the molecule is CCO[Si](CCP(=O)(O)OC(C)CC)(OCC)OCC. The fourth-order valence-electron chi connectivity index (χ4n) is 1.69. The highest BCUT2D eigenvalue weighted by molar-refractivity contribution is 7.53. The highest BCUT2D eigenvalue weighted by Crippen LogP contribution is 2.45. The molecule has 0 heterocycles. The van der Waals surface area contributed by atoms with E-state index in [2.05, 4.69) is 0 Å². The van der Waals surface area contributed by atoms with Gasteiger partial charge in [-0.25, -0.2) is 0 Å². The van der Waals surface area contributed by atoms with Crippen molar-refractivity contribution in [3.05, 3.63) is 0 Å². The van der Waals surface area contributed by atoms with Crippen LogP contribution in [-0.2, 0) is 22.4 Å². The van der Waals surface area contributed by atoms with Gasteiger partial charge in [-0.15, -0.1) is 0 Å². The van der Waals surface area contributed by atoms with E-state index in [1.54, 1.807) is 6.92 Å². The van der Waals surface area contributed by atoms with Gasteiger partial charge in [0.25, 0.3) is 0 Å². The minimum atomic E-state index is -3.64. The van der Waals surface area contributed by atoms with Crippen molar-refractivity contribution in [3.8, 4) is 0 Å². The van der Waals surface area contributed by atoms with E-state index in [0.717, 1.165) is 0 Å². The Morgan fingerprint density at radius 2 is 1.50 bits per heavy atom. The first-order chi connectivity index (χ1) is 9.34. The third-order valence-corrected chi connectivity index (χ3v) is 7.66. The molecule has 2 unspecified atom stereocenters. The second-order valence-electron chi connectivity index (χ2n) is 4.42. The van der Waals surface area contributed by atoms with Crippen LogP contribution in [0.15, 0.2) is 0 Å². The maximum absolute atomic E-state index is 12.0. The van der Waals surface area contributed by atoms with Crippen LogP contribution in [0, 0.1) is 0 Å². The van der Waals surface area contributed by atoms with E-state index in [0.29, 0.717) is 26.2 Å². The van der Waals surface area contributed by atoms with Crippen LogP contribution in [0.1, 0.15) is 41.0 Å². The average Bonchev–Trinajstić information content (AvgIpc) is 2.37. The summed E-state index contributed by atoms with van der Waals surface area (Å²) in [6, 6.07) is 0.284. The van der Waals surface area contributed by atoms with Crippen LogP contribution in [0.3, 0.4) is 0 Å². The first kappa shape index (κ1) is 20.2. The van der Waals surface area contributed by atoms with Crippen LogP contribution in [-0.4, -0.2) is 45.8 Å². The summed E-state index contributed by atoms with van der Waals surface area (Å²) in [5, 5.41) is 0. The van der Waals surface area contributed by atoms with E-state index in [-0.39, 0.29) is 18.3 Å². The molecule has 0 spiro atoms. The molecular formula is C12H29O6PSi. The van der Waals surface area contributed by atoms with E-state index in [1.807, 2.05) is 27.7 Å². The molecule has 0 saturated heterocycles. The van der Waals surface area contributed by atoms with Gasteiger partial charge in [0.1, 0.15) is 0 Å². The summed E-state index contributed by atoms with van der Waals surface area (Å²) >= 11 is 0. The van der Waals surface area contributed by atoms with Crippen LogP contribution in [0.5, 0.6) is 0 Å². The van der Waals surface area contributed by atoms with Gasteiger partial charge in [0.05, 0.1) is 12.3 Å². The van der Waals surface area contributed by atoms with Crippen molar-refractivity contribution in [1.82, 2.24) is 0 Å². The Morgan fingerprint density at radius 1 is 1.05 bits per heavy atom. The molecule has 0 aliphatic heterocycles. The van der Waals surface area contributed by atoms with Gasteiger partial charge in [0.2, 0.25) is 0 Å². The normalized spacial score (nSPS) is 16.9. The molecule has 0 aromatic heterocycles. The van der Waals surface area contributed by atoms with Gasteiger partial charge in [0, 0.05) is 25.9 Å². The summed E-state index contributed by atoms with van der Waals surface area (Å²) in [4.78, 5) is 9.87. The molecule has 0 rings (SSSR count). The molecule has 0 fully saturated rings. The quantitative estimate of drug-likeness (QED) is 0.438. The second kappa shape index (κ2) is 10.1. The predicted molar refractivity (Wildman–Crippen MR) is 81.0 cm³/mol. The van der Waals surface area contributed by atoms with E-state index >= 15 is 0 Å². The third kappa shape index (κ3) is 7.88. The van der Waals surface area contributed by atoms with Crippen molar-refractivity contribution in [2.45, 2.75) is 53.2 Å². The lowest BCUT2D eigenvalue weighted by Crippen LogP contribution is -2.46. The Morgan fingerprint density at radius 3 is 1.85 bits per heavy atom. The summed E-state index contributed by atoms with van der Waals surface area (Å²) in [5.41, 5.74) is 0. The molecule has 0 aromatic carbocycles. The zero-order valence-electron chi connectivity index (χ0n) is 13.3. The van der Waals surface area contributed by atoms with Crippen molar-refractivity contribution in [2.24, 2.45) is 0 Å². The lowest BCUT2D eigenvalue weighted by Gasteiger charge is -2.29. The zero-order chi connectivity index (χ0) is 15.6. The predicted octanol–water partition coefficient (Wildman–Crippen LogP) is 3.04. The number of hydrogen-bond acceptors (Lipinski definition) is 5. The molecule has 0 radical (unpaired) electrons.